The van der Waals surface area contributed by atoms with Gasteiger partial charge in [-0.05, 0) is 44.2 Å². The Morgan fingerprint density at radius 2 is 2.04 bits per heavy atom. The van der Waals surface area contributed by atoms with Crippen molar-refractivity contribution in [3.05, 3.63) is 72.1 Å². The van der Waals surface area contributed by atoms with Crippen LogP contribution >= 0.6 is 0 Å². The number of aryl methyl sites for hydroxylation is 2. The molecule has 0 saturated heterocycles. The molecule has 134 valence electrons. The number of carbonyl (C=O) groups excluding carboxylic acids is 1. The summed E-state index contributed by atoms with van der Waals surface area (Å²) >= 11 is 0. The predicted molar refractivity (Wildman–Crippen MR) is 98.5 cm³/mol. The van der Waals surface area contributed by atoms with Gasteiger partial charge in [-0.25, -0.2) is 9.67 Å². The van der Waals surface area contributed by atoms with Gasteiger partial charge in [0.25, 0.3) is 5.91 Å². The van der Waals surface area contributed by atoms with Gasteiger partial charge < -0.3 is 9.84 Å². The van der Waals surface area contributed by atoms with Crippen LogP contribution in [0, 0.1) is 13.8 Å². The molecule has 0 aliphatic rings. The lowest BCUT2D eigenvalue weighted by atomic mass is 10.2. The summed E-state index contributed by atoms with van der Waals surface area (Å²) in [7, 11) is 0. The number of pyridine rings is 2. The fraction of sp³-hybridized carbons (Fsp3) is 0.105. The number of aromatic nitrogens is 5. The van der Waals surface area contributed by atoms with Crippen molar-refractivity contribution in [3.8, 4) is 17.1 Å². The second-order valence-corrected chi connectivity index (χ2v) is 6.02. The van der Waals surface area contributed by atoms with E-state index in [0.29, 0.717) is 17.3 Å². The fourth-order valence-electron chi connectivity index (χ4n) is 2.67. The highest BCUT2D eigenvalue weighted by molar-refractivity contribution is 6.03. The highest BCUT2D eigenvalue weighted by Crippen LogP contribution is 2.20. The van der Waals surface area contributed by atoms with E-state index in [4.69, 9.17) is 4.52 Å². The number of nitrogens with one attached hydrogen (secondary N) is 1. The van der Waals surface area contributed by atoms with E-state index >= 15 is 0 Å². The zero-order valence-corrected chi connectivity index (χ0v) is 14.7. The van der Waals surface area contributed by atoms with Crippen LogP contribution in [0.4, 0.5) is 5.69 Å². The minimum atomic E-state index is -0.380. The Morgan fingerprint density at radius 1 is 1.15 bits per heavy atom. The van der Waals surface area contributed by atoms with Gasteiger partial charge >= 0.3 is 0 Å². The lowest BCUT2D eigenvalue weighted by Crippen LogP contribution is -2.12. The summed E-state index contributed by atoms with van der Waals surface area (Å²) in [6.07, 6.45) is 4.88. The molecule has 8 nitrogen and oxygen atoms in total. The van der Waals surface area contributed by atoms with Crippen LogP contribution in [0.5, 0.6) is 0 Å². The van der Waals surface area contributed by atoms with Crippen molar-refractivity contribution in [1.82, 2.24) is 24.9 Å². The van der Waals surface area contributed by atoms with Gasteiger partial charge in [-0.1, -0.05) is 5.16 Å². The maximum atomic E-state index is 12.4. The lowest BCUT2D eigenvalue weighted by molar-refractivity contribution is 0.101. The molecular weight excluding hydrogens is 344 g/mol. The molecule has 0 unspecified atom stereocenters. The quantitative estimate of drug-likeness (QED) is 0.600. The average Bonchev–Trinajstić information content (AvgIpc) is 3.30. The Labute approximate surface area is 154 Å². The first-order valence-corrected chi connectivity index (χ1v) is 8.28. The van der Waals surface area contributed by atoms with E-state index in [9.17, 15) is 4.79 Å². The van der Waals surface area contributed by atoms with Crippen LogP contribution in [-0.4, -0.2) is 30.8 Å². The molecule has 8 heteroatoms. The molecule has 0 fully saturated rings. The van der Waals surface area contributed by atoms with E-state index < -0.39 is 0 Å². The molecule has 0 radical (unpaired) electrons. The summed E-state index contributed by atoms with van der Waals surface area (Å²) in [6.45, 7) is 3.89. The van der Waals surface area contributed by atoms with Crippen LogP contribution in [0.3, 0.4) is 0 Å². The molecule has 1 N–H and O–H groups in total. The molecule has 0 aromatic carbocycles. The van der Waals surface area contributed by atoms with Gasteiger partial charge in [-0.15, -0.1) is 0 Å². The van der Waals surface area contributed by atoms with Crippen molar-refractivity contribution >= 4 is 11.6 Å². The molecule has 0 saturated carbocycles. The van der Waals surface area contributed by atoms with E-state index in [1.165, 1.54) is 0 Å². The monoisotopic (exact) mass is 360 g/mol. The number of amides is 1. The standard InChI is InChI=1S/C19H16N6O2/c1-12-8-13(2)25(23-12)18-6-5-15(11-21-18)22-19(26)16-9-17(27-24-16)14-4-3-7-20-10-14/h3-11H,1-2H3,(H,22,26). The third-order valence-corrected chi connectivity index (χ3v) is 3.92. The SMILES string of the molecule is Cc1cc(C)n(-c2ccc(NC(=O)c3cc(-c4cccnc4)on3)cn2)n1. The molecule has 0 bridgehead atoms. The zero-order chi connectivity index (χ0) is 18.8. The molecular formula is C19H16N6O2. The molecule has 0 aliphatic heterocycles. The van der Waals surface area contributed by atoms with Gasteiger partial charge in [0.05, 0.1) is 17.6 Å². The Morgan fingerprint density at radius 3 is 2.70 bits per heavy atom. The van der Waals surface area contributed by atoms with E-state index in [1.807, 2.05) is 26.0 Å². The van der Waals surface area contributed by atoms with Crippen molar-refractivity contribution in [2.75, 3.05) is 5.32 Å². The first-order valence-electron chi connectivity index (χ1n) is 8.28. The minimum absolute atomic E-state index is 0.177. The highest BCUT2D eigenvalue weighted by atomic mass is 16.5. The number of anilines is 1. The maximum Gasteiger partial charge on any atom is 0.277 e. The molecule has 4 heterocycles. The molecule has 4 aromatic rings. The molecule has 1 amide bonds. The van der Waals surface area contributed by atoms with Crippen molar-refractivity contribution < 1.29 is 9.32 Å². The molecule has 0 aliphatic carbocycles. The summed E-state index contributed by atoms with van der Waals surface area (Å²) in [5.74, 6) is 0.778. The average molecular weight is 360 g/mol. The van der Waals surface area contributed by atoms with E-state index in [2.05, 4.69) is 25.5 Å². The second-order valence-electron chi connectivity index (χ2n) is 6.02. The first-order chi connectivity index (χ1) is 13.1. The number of nitrogens with zero attached hydrogens (tertiary/aromatic N) is 5. The van der Waals surface area contributed by atoms with Gasteiger partial charge in [0.15, 0.2) is 17.3 Å². The molecule has 4 aromatic heterocycles. The predicted octanol–water partition coefficient (Wildman–Crippen LogP) is 3.19. The zero-order valence-electron chi connectivity index (χ0n) is 14.7. The van der Waals surface area contributed by atoms with Crippen molar-refractivity contribution in [2.45, 2.75) is 13.8 Å². The number of rotatable bonds is 4. The summed E-state index contributed by atoms with van der Waals surface area (Å²) in [4.78, 5) is 20.8. The largest absolute Gasteiger partial charge is 0.355 e. The van der Waals surface area contributed by atoms with Gasteiger partial charge in [-0.2, -0.15) is 5.10 Å². The van der Waals surface area contributed by atoms with Gasteiger partial charge in [0, 0.05) is 29.7 Å². The minimum Gasteiger partial charge on any atom is -0.355 e. The van der Waals surface area contributed by atoms with Crippen molar-refractivity contribution in [2.24, 2.45) is 0 Å². The van der Waals surface area contributed by atoms with E-state index in [-0.39, 0.29) is 11.6 Å². The van der Waals surface area contributed by atoms with Crippen molar-refractivity contribution in [3.63, 3.8) is 0 Å². The Balaban J connectivity index is 1.49. The molecule has 0 atom stereocenters. The van der Waals surface area contributed by atoms with Crippen LogP contribution < -0.4 is 5.32 Å². The van der Waals surface area contributed by atoms with Crippen LogP contribution in [0.1, 0.15) is 21.9 Å². The van der Waals surface area contributed by atoms with Gasteiger partial charge in [0.1, 0.15) is 0 Å². The van der Waals surface area contributed by atoms with E-state index in [1.54, 1.807) is 47.5 Å². The molecule has 27 heavy (non-hydrogen) atoms. The summed E-state index contributed by atoms with van der Waals surface area (Å²) in [5.41, 5.74) is 3.39. The normalized spacial score (nSPS) is 10.7. The Bertz CT molecular complexity index is 1080. The molecule has 4 rings (SSSR count). The third kappa shape index (κ3) is 3.45. The summed E-state index contributed by atoms with van der Waals surface area (Å²) in [6, 6.07) is 10.7. The van der Waals surface area contributed by atoms with Crippen molar-refractivity contribution in [1.29, 1.82) is 0 Å². The highest BCUT2D eigenvalue weighted by Gasteiger charge is 2.14. The van der Waals surface area contributed by atoms with Gasteiger partial charge in [-0.3, -0.25) is 9.78 Å². The molecule has 0 spiro atoms. The van der Waals surface area contributed by atoms with Crippen LogP contribution in [0.2, 0.25) is 0 Å². The van der Waals surface area contributed by atoms with Crippen LogP contribution in [0.25, 0.3) is 17.1 Å². The smallest absolute Gasteiger partial charge is 0.277 e. The third-order valence-electron chi connectivity index (χ3n) is 3.92. The van der Waals surface area contributed by atoms with E-state index in [0.717, 1.165) is 17.0 Å². The van der Waals surface area contributed by atoms with Crippen LogP contribution in [0.15, 0.2) is 59.5 Å². The first kappa shape index (κ1) is 16.6. The van der Waals surface area contributed by atoms with Crippen LogP contribution in [-0.2, 0) is 0 Å². The lowest BCUT2D eigenvalue weighted by Gasteiger charge is -2.05. The Hall–Kier alpha value is -3.81. The summed E-state index contributed by atoms with van der Waals surface area (Å²) in [5, 5.41) is 11.0. The number of carbonyl (C=O) groups is 1. The number of hydrogen-bond acceptors (Lipinski definition) is 6. The maximum absolute atomic E-state index is 12.4. The second kappa shape index (κ2) is 6.83. The summed E-state index contributed by atoms with van der Waals surface area (Å²) < 4.78 is 6.97. The van der Waals surface area contributed by atoms with Gasteiger partial charge in [0.2, 0.25) is 0 Å². The Kier molecular flexibility index (Phi) is 4.21. The topological polar surface area (TPSA) is 98.7 Å². The number of hydrogen-bond donors (Lipinski definition) is 1. The fourth-order valence-corrected chi connectivity index (χ4v) is 2.67.